The average molecular weight is 183 g/mol. The van der Waals surface area contributed by atoms with Gasteiger partial charge in [-0.3, -0.25) is 0 Å². The highest BCUT2D eigenvalue weighted by molar-refractivity contribution is 6.32. The van der Waals surface area contributed by atoms with Crippen molar-refractivity contribution in [3.63, 3.8) is 0 Å². The quantitative estimate of drug-likeness (QED) is 0.746. The third kappa shape index (κ3) is 1.56. The molecule has 0 bridgehead atoms. The lowest BCUT2D eigenvalue weighted by molar-refractivity contribution is 0.474. The Labute approximate surface area is 77.0 Å². The lowest BCUT2D eigenvalue weighted by Gasteiger charge is -2.03. The van der Waals surface area contributed by atoms with Crippen LogP contribution in [0.25, 0.3) is 0 Å². The Balaban J connectivity index is 2.23. The van der Waals surface area contributed by atoms with Crippen molar-refractivity contribution >= 4 is 11.6 Å². The van der Waals surface area contributed by atoms with Crippen molar-refractivity contribution in [2.75, 3.05) is 0 Å². The first-order chi connectivity index (χ1) is 5.77. The molecule has 1 saturated carbocycles. The third-order valence-electron chi connectivity index (χ3n) is 2.26. The van der Waals surface area contributed by atoms with Gasteiger partial charge < -0.3 is 5.11 Å². The molecule has 64 valence electrons. The lowest BCUT2D eigenvalue weighted by Crippen LogP contribution is -1.87. The summed E-state index contributed by atoms with van der Waals surface area (Å²) in [4.78, 5) is 0. The molecule has 1 aliphatic carbocycles. The van der Waals surface area contributed by atoms with Crippen molar-refractivity contribution < 1.29 is 5.11 Å². The van der Waals surface area contributed by atoms with Gasteiger partial charge in [-0.2, -0.15) is 0 Å². The fourth-order valence-electron chi connectivity index (χ4n) is 1.36. The molecule has 0 unspecified atom stereocenters. The monoisotopic (exact) mass is 182 g/mol. The van der Waals surface area contributed by atoms with Crippen LogP contribution in [0, 0.1) is 5.92 Å². The van der Waals surface area contributed by atoms with Crippen LogP contribution >= 0.6 is 11.6 Å². The fraction of sp³-hybridized carbons (Fsp3) is 0.400. The van der Waals surface area contributed by atoms with Gasteiger partial charge in [-0.15, -0.1) is 0 Å². The first kappa shape index (κ1) is 7.93. The van der Waals surface area contributed by atoms with Crippen molar-refractivity contribution in [1.29, 1.82) is 0 Å². The predicted molar refractivity (Wildman–Crippen MR) is 49.5 cm³/mol. The van der Waals surface area contributed by atoms with Crippen molar-refractivity contribution in [2.24, 2.45) is 5.92 Å². The second-order valence-corrected chi connectivity index (χ2v) is 3.78. The van der Waals surface area contributed by atoms with Crippen LogP contribution in [-0.2, 0) is 6.42 Å². The summed E-state index contributed by atoms with van der Waals surface area (Å²) in [5.74, 6) is 1.01. The summed E-state index contributed by atoms with van der Waals surface area (Å²) in [7, 11) is 0. The highest BCUT2D eigenvalue weighted by Gasteiger charge is 2.22. The summed E-state index contributed by atoms with van der Waals surface area (Å²) in [6.07, 6.45) is 3.64. The lowest BCUT2D eigenvalue weighted by atomic mass is 10.1. The van der Waals surface area contributed by atoms with E-state index in [9.17, 15) is 5.11 Å². The van der Waals surface area contributed by atoms with Crippen LogP contribution in [0.4, 0.5) is 0 Å². The number of rotatable bonds is 2. The molecule has 1 fully saturated rings. The van der Waals surface area contributed by atoms with Crippen molar-refractivity contribution in [3.8, 4) is 5.75 Å². The highest BCUT2D eigenvalue weighted by atomic mass is 35.5. The van der Waals surface area contributed by atoms with Crippen LogP contribution < -0.4 is 0 Å². The SMILES string of the molecule is Oc1cccc(CC2CC2)c1Cl. The van der Waals surface area contributed by atoms with Gasteiger partial charge in [0.1, 0.15) is 5.75 Å². The van der Waals surface area contributed by atoms with Gasteiger partial charge in [0, 0.05) is 0 Å². The zero-order chi connectivity index (χ0) is 8.55. The van der Waals surface area contributed by atoms with Gasteiger partial charge >= 0.3 is 0 Å². The summed E-state index contributed by atoms with van der Waals surface area (Å²) >= 11 is 5.92. The Morgan fingerprint density at radius 2 is 2.17 bits per heavy atom. The molecule has 0 amide bonds. The van der Waals surface area contributed by atoms with E-state index in [1.165, 1.54) is 12.8 Å². The van der Waals surface area contributed by atoms with E-state index in [4.69, 9.17) is 11.6 Å². The minimum absolute atomic E-state index is 0.204. The van der Waals surface area contributed by atoms with Crippen molar-refractivity contribution in [3.05, 3.63) is 28.8 Å². The molecule has 0 heterocycles. The molecule has 1 nitrogen and oxygen atoms in total. The Hall–Kier alpha value is -0.690. The molecule has 1 N–H and O–H groups in total. The number of phenols is 1. The van der Waals surface area contributed by atoms with E-state index in [1.807, 2.05) is 12.1 Å². The highest BCUT2D eigenvalue weighted by Crippen LogP contribution is 2.36. The first-order valence-electron chi connectivity index (χ1n) is 4.23. The molecule has 12 heavy (non-hydrogen) atoms. The molecular weight excluding hydrogens is 172 g/mol. The van der Waals surface area contributed by atoms with E-state index in [0.29, 0.717) is 5.02 Å². The van der Waals surface area contributed by atoms with E-state index in [-0.39, 0.29) is 5.75 Å². The van der Waals surface area contributed by atoms with Crippen LogP contribution in [0.5, 0.6) is 5.75 Å². The predicted octanol–water partition coefficient (Wildman–Crippen LogP) is 3.00. The maximum absolute atomic E-state index is 9.30. The Bertz CT molecular complexity index is 292. The molecule has 1 aromatic carbocycles. The minimum Gasteiger partial charge on any atom is -0.506 e. The summed E-state index contributed by atoms with van der Waals surface area (Å²) in [5, 5.41) is 9.83. The zero-order valence-corrected chi connectivity index (χ0v) is 7.51. The Kier molecular flexibility index (Phi) is 1.97. The second kappa shape index (κ2) is 2.98. The molecule has 0 saturated heterocycles. The molecule has 0 spiro atoms. The average Bonchev–Trinajstić information content (AvgIpc) is 2.83. The first-order valence-corrected chi connectivity index (χ1v) is 4.61. The standard InChI is InChI=1S/C10H11ClO/c11-10-8(6-7-4-5-7)2-1-3-9(10)12/h1-3,7,12H,4-6H2. The van der Waals surface area contributed by atoms with Gasteiger partial charge in [-0.25, -0.2) is 0 Å². The number of aromatic hydroxyl groups is 1. The van der Waals surface area contributed by atoms with Crippen LogP contribution in [0.2, 0.25) is 5.02 Å². The summed E-state index contributed by atoms with van der Waals surface area (Å²) in [6, 6.07) is 5.46. The topological polar surface area (TPSA) is 20.2 Å². The number of hydrogen-bond donors (Lipinski definition) is 1. The number of hydrogen-bond acceptors (Lipinski definition) is 1. The largest absolute Gasteiger partial charge is 0.506 e. The van der Waals surface area contributed by atoms with Crippen LogP contribution in [0.15, 0.2) is 18.2 Å². The van der Waals surface area contributed by atoms with E-state index >= 15 is 0 Å². The number of phenolic OH excluding ortho intramolecular Hbond substituents is 1. The number of halogens is 1. The van der Waals surface area contributed by atoms with E-state index < -0.39 is 0 Å². The molecule has 2 rings (SSSR count). The Morgan fingerprint density at radius 3 is 2.83 bits per heavy atom. The van der Waals surface area contributed by atoms with Gasteiger partial charge in [0.2, 0.25) is 0 Å². The fourth-order valence-corrected chi connectivity index (χ4v) is 1.56. The molecular formula is C10H11ClO. The molecule has 0 aliphatic heterocycles. The Morgan fingerprint density at radius 1 is 1.42 bits per heavy atom. The second-order valence-electron chi connectivity index (χ2n) is 3.40. The maximum Gasteiger partial charge on any atom is 0.134 e. The van der Waals surface area contributed by atoms with Crippen molar-refractivity contribution in [1.82, 2.24) is 0 Å². The maximum atomic E-state index is 9.30. The summed E-state index contributed by atoms with van der Waals surface area (Å²) in [5.41, 5.74) is 1.08. The van der Waals surface area contributed by atoms with E-state index in [1.54, 1.807) is 6.07 Å². The van der Waals surface area contributed by atoms with Gasteiger partial charge in [0.15, 0.2) is 0 Å². The molecule has 0 radical (unpaired) electrons. The molecule has 1 aromatic rings. The minimum atomic E-state index is 0.204. The van der Waals surface area contributed by atoms with Crippen LogP contribution in [0.3, 0.4) is 0 Å². The van der Waals surface area contributed by atoms with Crippen molar-refractivity contribution in [2.45, 2.75) is 19.3 Å². The molecule has 1 aliphatic rings. The smallest absolute Gasteiger partial charge is 0.134 e. The van der Waals surface area contributed by atoms with Gasteiger partial charge in [0.25, 0.3) is 0 Å². The van der Waals surface area contributed by atoms with Gasteiger partial charge in [-0.05, 0) is 36.8 Å². The zero-order valence-electron chi connectivity index (χ0n) is 6.76. The van der Waals surface area contributed by atoms with E-state index in [0.717, 1.165) is 17.9 Å². The molecule has 0 atom stereocenters. The summed E-state index contributed by atoms with van der Waals surface area (Å²) in [6.45, 7) is 0. The third-order valence-corrected chi connectivity index (χ3v) is 2.70. The normalized spacial score (nSPS) is 16.4. The van der Waals surface area contributed by atoms with E-state index in [2.05, 4.69) is 0 Å². The van der Waals surface area contributed by atoms with Crippen LogP contribution in [-0.4, -0.2) is 5.11 Å². The van der Waals surface area contributed by atoms with Gasteiger partial charge in [0.05, 0.1) is 5.02 Å². The molecule has 2 heteroatoms. The molecule has 0 aromatic heterocycles. The van der Waals surface area contributed by atoms with Crippen LogP contribution in [0.1, 0.15) is 18.4 Å². The summed E-state index contributed by atoms with van der Waals surface area (Å²) < 4.78 is 0. The number of benzene rings is 1. The van der Waals surface area contributed by atoms with Gasteiger partial charge in [-0.1, -0.05) is 23.7 Å².